The van der Waals surface area contributed by atoms with Gasteiger partial charge in [-0.2, -0.15) is 0 Å². The normalized spacial score (nSPS) is 11.5. The molecule has 1 heterocycles. The van der Waals surface area contributed by atoms with E-state index in [-0.39, 0.29) is 18.1 Å². The molecule has 1 N–H and O–H groups in total. The van der Waals surface area contributed by atoms with Crippen molar-refractivity contribution in [1.82, 2.24) is 0 Å². The van der Waals surface area contributed by atoms with Gasteiger partial charge in [-0.15, -0.1) is 0 Å². The van der Waals surface area contributed by atoms with E-state index in [1.165, 1.54) is 0 Å². The average molecular weight is 283 g/mol. The Labute approximate surface area is 110 Å². The lowest BCUT2D eigenvalue weighted by Crippen LogP contribution is -2.13. The maximum Gasteiger partial charge on any atom is 0.376 e. The minimum Gasteiger partial charge on any atom is -0.460 e. The van der Waals surface area contributed by atoms with E-state index in [4.69, 9.17) is 9.15 Å². The molecule has 1 aromatic carbocycles. The summed E-state index contributed by atoms with van der Waals surface area (Å²) in [5.41, 5.74) is 0.522. The lowest BCUT2D eigenvalue weighted by molar-refractivity contribution is 0.0494. The summed E-state index contributed by atoms with van der Waals surface area (Å²) in [6.45, 7) is 1.83. The molecule has 0 spiro atoms. The zero-order valence-corrected chi connectivity index (χ0v) is 11.3. The predicted octanol–water partition coefficient (Wildman–Crippen LogP) is 1.98. The van der Waals surface area contributed by atoms with Gasteiger partial charge in [0.15, 0.2) is 0 Å². The average Bonchev–Trinajstić information content (AvgIpc) is 2.67. The lowest BCUT2D eigenvalue weighted by atomic mass is 10.2. The van der Waals surface area contributed by atoms with Crippen LogP contribution in [0.15, 0.2) is 28.7 Å². The Bertz CT molecular complexity index is 717. The Kier molecular flexibility index (Phi) is 3.48. The van der Waals surface area contributed by atoms with Gasteiger partial charge in [-0.3, -0.25) is 4.72 Å². The first-order valence-corrected chi connectivity index (χ1v) is 7.48. The van der Waals surface area contributed by atoms with Gasteiger partial charge >= 0.3 is 5.97 Å². The zero-order valence-electron chi connectivity index (χ0n) is 10.5. The van der Waals surface area contributed by atoms with E-state index < -0.39 is 16.0 Å². The molecule has 0 unspecified atom stereocenters. The molecule has 2 aromatic rings. The first-order chi connectivity index (χ1) is 8.92. The highest BCUT2D eigenvalue weighted by atomic mass is 32.2. The van der Waals surface area contributed by atoms with E-state index in [0.29, 0.717) is 11.0 Å². The minimum absolute atomic E-state index is 0.108. The van der Waals surface area contributed by atoms with Crippen LogP contribution in [0.2, 0.25) is 0 Å². The lowest BCUT2D eigenvalue weighted by Gasteiger charge is -2.04. The fraction of sp³-hybridized carbons (Fsp3) is 0.250. The van der Waals surface area contributed by atoms with Crippen molar-refractivity contribution in [3.05, 3.63) is 30.0 Å². The van der Waals surface area contributed by atoms with Gasteiger partial charge in [0, 0.05) is 5.39 Å². The van der Waals surface area contributed by atoms with Crippen LogP contribution in [0.4, 0.5) is 5.69 Å². The van der Waals surface area contributed by atoms with Crippen molar-refractivity contribution in [3.8, 4) is 0 Å². The molecule has 0 atom stereocenters. The zero-order chi connectivity index (χ0) is 14.0. The number of carbonyl (C=O) groups is 1. The van der Waals surface area contributed by atoms with Gasteiger partial charge in [-0.05, 0) is 19.1 Å². The van der Waals surface area contributed by atoms with Crippen LogP contribution in [-0.4, -0.2) is 27.2 Å². The maximum absolute atomic E-state index is 11.8. The summed E-state index contributed by atoms with van der Waals surface area (Å²) in [5, 5.41) is 0.510. The number of benzene rings is 1. The third kappa shape index (κ3) is 2.87. The predicted molar refractivity (Wildman–Crippen MR) is 70.6 cm³/mol. The summed E-state index contributed by atoms with van der Waals surface area (Å²) in [4.78, 5) is 11.8. The first-order valence-electron chi connectivity index (χ1n) is 5.59. The van der Waals surface area contributed by atoms with Crippen molar-refractivity contribution < 1.29 is 22.4 Å². The van der Waals surface area contributed by atoms with Crippen LogP contribution in [0.25, 0.3) is 11.0 Å². The van der Waals surface area contributed by atoms with Crippen molar-refractivity contribution >= 4 is 32.6 Å². The molecule has 0 saturated carbocycles. The van der Waals surface area contributed by atoms with Crippen molar-refractivity contribution in [2.24, 2.45) is 0 Å². The number of sulfonamides is 1. The molecule has 0 bridgehead atoms. The maximum atomic E-state index is 11.8. The second kappa shape index (κ2) is 4.93. The molecule has 2 rings (SSSR count). The van der Waals surface area contributed by atoms with Crippen LogP contribution in [0.1, 0.15) is 17.5 Å². The van der Waals surface area contributed by atoms with Crippen LogP contribution in [0.3, 0.4) is 0 Å². The number of ether oxygens (including phenoxy) is 1. The van der Waals surface area contributed by atoms with E-state index in [1.807, 2.05) is 0 Å². The fourth-order valence-corrected chi connectivity index (χ4v) is 2.25. The number of furan rings is 1. The minimum atomic E-state index is -3.53. The summed E-state index contributed by atoms with van der Waals surface area (Å²) in [7, 11) is -3.53. The van der Waals surface area contributed by atoms with Gasteiger partial charge in [0.2, 0.25) is 15.8 Å². The van der Waals surface area contributed by atoms with E-state index >= 15 is 0 Å². The number of nitrogens with one attached hydrogen (secondary N) is 1. The molecule has 0 aliphatic carbocycles. The van der Waals surface area contributed by atoms with Crippen molar-refractivity contribution in [3.63, 3.8) is 0 Å². The summed E-state index contributed by atoms with van der Waals surface area (Å²) < 4.78 is 35.2. The molecule has 102 valence electrons. The molecule has 0 aliphatic heterocycles. The topological polar surface area (TPSA) is 85.6 Å². The number of rotatable bonds is 4. The highest BCUT2D eigenvalue weighted by Gasteiger charge is 2.23. The van der Waals surface area contributed by atoms with Gasteiger partial charge in [0.25, 0.3) is 0 Å². The van der Waals surface area contributed by atoms with Crippen LogP contribution in [0.5, 0.6) is 0 Å². The van der Waals surface area contributed by atoms with Gasteiger partial charge < -0.3 is 9.15 Å². The molecule has 1 aromatic heterocycles. The van der Waals surface area contributed by atoms with Gasteiger partial charge in [-0.25, -0.2) is 13.2 Å². The third-order valence-electron chi connectivity index (χ3n) is 2.34. The highest BCUT2D eigenvalue weighted by molar-refractivity contribution is 7.92. The molecular formula is C12H13NO5S. The summed E-state index contributed by atoms with van der Waals surface area (Å²) in [6.07, 6.45) is 1.00. The van der Waals surface area contributed by atoms with Crippen LogP contribution < -0.4 is 4.72 Å². The molecule has 6 nitrogen and oxygen atoms in total. The molecule has 0 fully saturated rings. The number of fused-ring (bicyclic) bond motifs is 1. The second-order valence-corrected chi connectivity index (χ2v) is 5.65. The summed E-state index contributed by atoms with van der Waals surface area (Å²) >= 11 is 0. The molecule has 0 amide bonds. The fourth-order valence-electron chi connectivity index (χ4n) is 1.67. The van der Waals surface area contributed by atoms with E-state index in [0.717, 1.165) is 6.26 Å². The third-order valence-corrected chi connectivity index (χ3v) is 2.92. The van der Waals surface area contributed by atoms with E-state index in [9.17, 15) is 13.2 Å². The Morgan fingerprint density at radius 1 is 1.37 bits per heavy atom. The highest BCUT2D eigenvalue weighted by Crippen LogP contribution is 2.31. The molecule has 19 heavy (non-hydrogen) atoms. The van der Waals surface area contributed by atoms with Crippen molar-refractivity contribution in [2.75, 3.05) is 17.6 Å². The molecule has 0 saturated heterocycles. The Morgan fingerprint density at radius 3 is 2.68 bits per heavy atom. The number of para-hydroxylation sites is 1. The Balaban J connectivity index is 2.61. The first kappa shape index (κ1) is 13.4. The molecular weight excluding hydrogens is 270 g/mol. The van der Waals surface area contributed by atoms with Gasteiger partial charge in [-0.1, -0.05) is 12.1 Å². The van der Waals surface area contributed by atoms with E-state index in [2.05, 4.69) is 4.72 Å². The molecule has 0 radical (unpaired) electrons. The Morgan fingerprint density at radius 2 is 2.05 bits per heavy atom. The monoisotopic (exact) mass is 283 g/mol. The Hall–Kier alpha value is -2.02. The summed E-state index contributed by atoms with van der Waals surface area (Å²) in [6, 6.07) is 6.76. The number of carbonyl (C=O) groups excluding carboxylic acids is 1. The van der Waals surface area contributed by atoms with Gasteiger partial charge in [0.1, 0.15) is 11.3 Å². The van der Waals surface area contributed by atoms with Crippen molar-refractivity contribution in [2.45, 2.75) is 6.92 Å². The van der Waals surface area contributed by atoms with Crippen molar-refractivity contribution in [1.29, 1.82) is 0 Å². The quantitative estimate of drug-likeness (QED) is 0.867. The number of hydrogen-bond donors (Lipinski definition) is 1. The number of esters is 1. The summed E-state index contributed by atoms with van der Waals surface area (Å²) in [5.74, 6) is -0.849. The van der Waals surface area contributed by atoms with Crippen LogP contribution in [0, 0.1) is 0 Å². The SMILES string of the molecule is CCOC(=O)c1oc2ccccc2c1NS(C)(=O)=O. The smallest absolute Gasteiger partial charge is 0.376 e. The molecule has 0 aliphatic rings. The molecule has 7 heteroatoms. The standard InChI is InChI=1S/C12H13NO5S/c1-3-17-12(14)11-10(13-19(2,15)16)8-6-4-5-7-9(8)18-11/h4-7,13H,3H2,1-2H3. The van der Waals surface area contributed by atoms with Gasteiger partial charge in [0.05, 0.1) is 12.9 Å². The van der Waals surface area contributed by atoms with Crippen LogP contribution >= 0.6 is 0 Å². The van der Waals surface area contributed by atoms with E-state index in [1.54, 1.807) is 31.2 Å². The largest absolute Gasteiger partial charge is 0.460 e. The number of hydrogen-bond acceptors (Lipinski definition) is 5. The number of anilines is 1. The van der Waals surface area contributed by atoms with Crippen LogP contribution in [-0.2, 0) is 14.8 Å². The second-order valence-electron chi connectivity index (χ2n) is 3.90.